The molecule has 0 atom stereocenters. The second-order valence-electron chi connectivity index (χ2n) is 4.97. The normalized spacial score (nSPS) is 14.6. The number of carbonyl (C=O) groups is 1. The molecular weight excluding hydrogens is 228 g/mol. The highest BCUT2D eigenvalue weighted by molar-refractivity contribution is 5.95. The Morgan fingerprint density at radius 2 is 2.17 bits per heavy atom. The number of carboxylic acids is 1. The Kier molecular flexibility index (Phi) is 3.55. The van der Waals surface area contributed by atoms with Crippen LogP contribution in [0.1, 0.15) is 47.9 Å². The lowest BCUT2D eigenvalue weighted by Crippen LogP contribution is -2.29. The molecular formula is C14H20N2O2. The zero-order valence-electron chi connectivity index (χ0n) is 11.2. The molecule has 1 aromatic rings. The van der Waals surface area contributed by atoms with E-state index in [4.69, 9.17) is 0 Å². The van der Waals surface area contributed by atoms with Crippen molar-refractivity contribution >= 4 is 11.7 Å². The second-order valence-corrected chi connectivity index (χ2v) is 4.97. The van der Waals surface area contributed by atoms with Crippen molar-refractivity contribution in [3.8, 4) is 0 Å². The van der Waals surface area contributed by atoms with Crippen molar-refractivity contribution in [3.63, 3.8) is 0 Å². The van der Waals surface area contributed by atoms with E-state index in [-0.39, 0.29) is 0 Å². The molecule has 1 saturated carbocycles. The highest BCUT2D eigenvalue weighted by Gasteiger charge is 2.31. The van der Waals surface area contributed by atoms with E-state index in [9.17, 15) is 9.90 Å². The topological polar surface area (TPSA) is 53.4 Å². The molecule has 0 unspecified atom stereocenters. The lowest BCUT2D eigenvalue weighted by Gasteiger charge is -2.26. The van der Waals surface area contributed by atoms with Crippen molar-refractivity contribution in [2.45, 2.75) is 46.1 Å². The molecule has 0 spiro atoms. The fourth-order valence-corrected chi connectivity index (χ4v) is 2.43. The zero-order valence-corrected chi connectivity index (χ0v) is 11.2. The van der Waals surface area contributed by atoms with Crippen molar-refractivity contribution in [2.24, 2.45) is 0 Å². The first kappa shape index (κ1) is 12.9. The predicted molar refractivity (Wildman–Crippen MR) is 71.3 cm³/mol. The summed E-state index contributed by atoms with van der Waals surface area (Å²) in [7, 11) is 0. The van der Waals surface area contributed by atoms with Crippen LogP contribution in [0.4, 0.5) is 5.69 Å². The van der Waals surface area contributed by atoms with Crippen LogP contribution in [0.2, 0.25) is 0 Å². The fourth-order valence-electron chi connectivity index (χ4n) is 2.43. The number of aromatic nitrogens is 1. The standard InChI is InChI=1S/C14H20N2O2/c1-4-7-16(11-5-6-11)12-8-9(2)15-10(3)13(12)14(17)18/h8,11H,4-7H2,1-3H3,(H,17,18). The van der Waals surface area contributed by atoms with Gasteiger partial charge in [0.25, 0.3) is 0 Å². The van der Waals surface area contributed by atoms with Gasteiger partial charge in [0.1, 0.15) is 5.56 Å². The summed E-state index contributed by atoms with van der Waals surface area (Å²) in [6, 6.07) is 2.42. The van der Waals surface area contributed by atoms with Crippen molar-refractivity contribution in [1.82, 2.24) is 4.98 Å². The molecule has 1 aliphatic carbocycles. The Morgan fingerprint density at radius 1 is 1.50 bits per heavy atom. The van der Waals surface area contributed by atoms with Gasteiger partial charge in [-0.15, -0.1) is 0 Å². The number of carboxylic acid groups (broad SMARTS) is 1. The zero-order chi connectivity index (χ0) is 13.3. The van der Waals surface area contributed by atoms with E-state index in [1.165, 1.54) is 12.8 Å². The van der Waals surface area contributed by atoms with Crippen LogP contribution in [0.5, 0.6) is 0 Å². The average molecular weight is 248 g/mol. The van der Waals surface area contributed by atoms with Gasteiger partial charge in [-0.1, -0.05) is 6.92 Å². The Morgan fingerprint density at radius 3 is 2.67 bits per heavy atom. The summed E-state index contributed by atoms with van der Waals surface area (Å²) in [6.07, 6.45) is 3.36. The Labute approximate surface area is 108 Å². The van der Waals surface area contributed by atoms with Crippen molar-refractivity contribution in [1.29, 1.82) is 0 Å². The minimum Gasteiger partial charge on any atom is -0.478 e. The highest BCUT2D eigenvalue weighted by atomic mass is 16.4. The van der Waals surface area contributed by atoms with Crippen LogP contribution in [-0.4, -0.2) is 28.6 Å². The molecule has 1 aliphatic rings. The maximum Gasteiger partial charge on any atom is 0.339 e. The van der Waals surface area contributed by atoms with Gasteiger partial charge in [0.05, 0.1) is 11.4 Å². The smallest absolute Gasteiger partial charge is 0.339 e. The van der Waals surface area contributed by atoms with Crippen molar-refractivity contribution in [2.75, 3.05) is 11.4 Å². The quantitative estimate of drug-likeness (QED) is 0.870. The number of hydrogen-bond donors (Lipinski definition) is 1. The summed E-state index contributed by atoms with van der Waals surface area (Å²) in [5, 5.41) is 9.39. The molecule has 0 aromatic carbocycles. The van der Waals surface area contributed by atoms with E-state index in [0.717, 1.165) is 24.3 Å². The number of pyridine rings is 1. The molecule has 18 heavy (non-hydrogen) atoms. The van der Waals surface area contributed by atoms with Crippen LogP contribution in [0.25, 0.3) is 0 Å². The molecule has 0 bridgehead atoms. The summed E-state index contributed by atoms with van der Waals surface area (Å²) in [5.41, 5.74) is 2.70. The average Bonchev–Trinajstić information content (AvgIpc) is 3.07. The first-order valence-electron chi connectivity index (χ1n) is 6.52. The predicted octanol–water partition coefficient (Wildman–Crippen LogP) is 2.78. The van der Waals surface area contributed by atoms with Gasteiger partial charge in [0, 0.05) is 18.3 Å². The molecule has 1 heterocycles. The molecule has 0 saturated heterocycles. The molecule has 0 radical (unpaired) electrons. The molecule has 0 aliphatic heterocycles. The molecule has 98 valence electrons. The Bertz CT molecular complexity index is 467. The third-order valence-electron chi connectivity index (χ3n) is 3.28. The lowest BCUT2D eigenvalue weighted by molar-refractivity contribution is 0.0696. The molecule has 1 aromatic heterocycles. The van der Waals surface area contributed by atoms with Crippen molar-refractivity contribution in [3.05, 3.63) is 23.0 Å². The number of aromatic carboxylic acids is 1. The van der Waals surface area contributed by atoms with E-state index in [1.54, 1.807) is 6.92 Å². The van der Waals surface area contributed by atoms with E-state index in [2.05, 4.69) is 16.8 Å². The Hall–Kier alpha value is -1.58. The molecule has 4 nitrogen and oxygen atoms in total. The van der Waals surface area contributed by atoms with Gasteiger partial charge < -0.3 is 10.0 Å². The highest BCUT2D eigenvalue weighted by Crippen LogP contribution is 2.34. The largest absolute Gasteiger partial charge is 0.478 e. The summed E-state index contributed by atoms with van der Waals surface area (Å²) < 4.78 is 0. The van der Waals surface area contributed by atoms with Gasteiger partial charge in [-0.3, -0.25) is 4.98 Å². The van der Waals surface area contributed by atoms with E-state index in [0.29, 0.717) is 17.3 Å². The number of nitrogens with zero attached hydrogens (tertiary/aromatic N) is 2. The lowest BCUT2D eigenvalue weighted by atomic mass is 10.1. The van der Waals surface area contributed by atoms with Crippen molar-refractivity contribution < 1.29 is 9.90 Å². The maximum absolute atomic E-state index is 11.4. The van der Waals surface area contributed by atoms with Gasteiger partial charge in [-0.2, -0.15) is 0 Å². The number of hydrogen-bond acceptors (Lipinski definition) is 3. The molecule has 1 N–H and O–H groups in total. The number of rotatable bonds is 5. The molecule has 1 fully saturated rings. The molecule has 4 heteroatoms. The van der Waals surface area contributed by atoms with Gasteiger partial charge in [-0.25, -0.2) is 4.79 Å². The van der Waals surface area contributed by atoms with Crippen LogP contribution in [0.3, 0.4) is 0 Å². The molecule has 0 amide bonds. The minimum atomic E-state index is -0.878. The van der Waals surface area contributed by atoms with Gasteiger partial charge >= 0.3 is 5.97 Å². The summed E-state index contributed by atoms with van der Waals surface area (Å²) in [6.45, 7) is 6.72. The summed E-state index contributed by atoms with van der Waals surface area (Å²) in [5.74, 6) is -0.878. The van der Waals surface area contributed by atoms with Crippen LogP contribution in [0.15, 0.2) is 6.07 Å². The third-order valence-corrected chi connectivity index (χ3v) is 3.28. The summed E-state index contributed by atoms with van der Waals surface area (Å²) in [4.78, 5) is 18.0. The number of aryl methyl sites for hydroxylation is 2. The minimum absolute atomic E-state index is 0.362. The first-order chi connectivity index (χ1) is 8.54. The van der Waals surface area contributed by atoms with Crippen LogP contribution in [0, 0.1) is 13.8 Å². The van der Waals surface area contributed by atoms with Crippen LogP contribution < -0.4 is 4.90 Å². The Balaban J connectivity index is 2.48. The monoisotopic (exact) mass is 248 g/mol. The van der Waals surface area contributed by atoms with E-state index < -0.39 is 5.97 Å². The first-order valence-corrected chi connectivity index (χ1v) is 6.52. The van der Waals surface area contributed by atoms with Crippen LogP contribution >= 0.6 is 0 Å². The van der Waals surface area contributed by atoms with Crippen LogP contribution in [-0.2, 0) is 0 Å². The van der Waals surface area contributed by atoms with E-state index in [1.807, 2.05) is 13.0 Å². The van der Waals surface area contributed by atoms with Gasteiger partial charge in [-0.05, 0) is 39.2 Å². The van der Waals surface area contributed by atoms with Gasteiger partial charge in [0.2, 0.25) is 0 Å². The molecule has 2 rings (SSSR count). The maximum atomic E-state index is 11.4. The number of anilines is 1. The SMILES string of the molecule is CCCN(c1cc(C)nc(C)c1C(=O)O)C1CC1. The fraction of sp³-hybridized carbons (Fsp3) is 0.571. The summed E-state index contributed by atoms with van der Waals surface area (Å²) >= 11 is 0. The third kappa shape index (κ3) is 2.47. The van der Waals surface area contributed by atoms with E-state index >= 15 is 0 Å². The van der Waals surface area contributed by atoms with Gasteiger partial charge in [0.15, 0.2) is 0 Å². The second kappa shape index (κ2) is 4.96.